The smallest absolute Gasteiger partial charge is 0.257 e. The fourth-order valence-electron chi connectivity index (χ4n) is 4.43. The first-order valence-electron chi connectivity index (χ1n) is 11.4. The molecule has 1 amide bonds. The predicted molar refractivity (Wildman–Crippen MR) is 127 cm³/mol. The molecule has 1 saturated heterocycles. The molecule has 1 atom stereocenters. The van der Waals surface area contributed by atoms with Crippen LogP contribution in [-0.2, 0) is 11.2 Å². The number of carbonyl (C=O) groups is 1. The van der Waals surface area contributed by atoms with Crippen LogP contribution < -0.4 is 10.5 Å². The van der Waals surface area contributed by atoms with Gasteiger partial charge in [-0.15, -0.1) is 0 Å². The number of rotatable bonds is 6. The van der Waals surface area contributed by atoms with Crippen molar-refractivity contribution in [2.24, 2.45) is 10.7 Å². The number of hydrogen-bond acceptors (Lipinski definition) is 5. The molecule has 0 spiro atoms. The standard InChI is InChI=1S/C26H29F2N3O3/c1-16-8-25-22(26(32)31(5-7-34-25)15-20-4-3-6-33-20)10-17(16)9-21-23(27)11-18(12-24(21)28)19(13-29)14-30-2/h8,10-14,20H,3-7,9,15,29H2,1-2H3/b19-13+,30-14?. The maximum absolute atomic E-state index is 15.0. The molecular formula is C26H29F2N3O3. The van der Waals surface area contributed by atoms with Crippen LogP contribution in [0.4, 0.5) is 8.78 Å². The first kappa shape index (κ1) is 23.9. The Hall–Kier alpha value is -3.26. The number of aryl methyl sites for hydroxylation is 1. The van der Waals surface area contributed by atoms with Crippen molar-refractivity contribution in [3.63, 3.8) is 0 Å². The van der Waals surface area contributed by atoms with Crippen LogP contribution in [0.5, 0.6) is 5.75 Å². The van der Waals surface area contributed by atoms with E-state index in [2.05, 4.69) is 4.99 Å². The zero-order valence-corrected chi connectivity index (χ0v) is 19.4. The Morgan fingerprint density at radius 2 is 2.00 bits per heavy atom. The third-order valence-corrected chi connectivity index (χ3v) is 6.31. The Morgan fingerprint density at radius 3 is 2.65 bits per heavy atom. The highest BCUT2D eigenvalue weighted by Gasteiger charge is 2.28. The van der Waals surface area contributed by atoms with Crippen LogP contribution in [0.15, 0.2) is 35.5 Å². The summed E-state index contributed by atoms with van der Waals surface area (Å²) in [4.78, 5) is 18.9. The Bertz CT molecular complexity index is 1120. The van der Waals surface area contributed by atoms with Crippen molar-refractivity contribution < 1.29 is 23.0 Å². The van der Waals surface area contributed by atoms with E-state index < -0.39 is 11.6 Å². The number of hydrogen-bond donors (Lipinski definition) is 1. The first-order valence-corrected chi connectivity index (χ1v) is 11.4. The third kappa shape index (κ3) is 4.97. The van der Waals surface area contributed by atoms with Gasteiger partial charge in [0.1, 0.15) is 24.0 Å². The van der Waals surface area contributed by atoms with Crippen molar-refractivity contribution in [1.29, 1.82) is 0 Å². The molecule has 0 bridgehead atoms. The minimum Gasteiger partial charge on any atom is -0.491 e. The molecule has 2 heterocycles. The van der Waals surface area contributed by atoms with E-state index in [9.17, 15) is 13.6 Å². The monoisotopic (exact) mass is 469 g/mol. The Balaban J connectivity index is 1.63. The lowest BCUT2D eigenvalue weighted by Crippen LogP contribution is -2.38. The van der Waals surface area contributed by atoms with E-state index in [4.69, 9.17) is 15.2 Å². The largest absolute Gasteiger partial charge is 0.491 e. The van der Waals surface area contributed by atoms with Gasteiger partial charge in [-0.05, 0) is 60.7 Å². The Kier molecular flexibility index (Phi) is 7.26. The van der Waals surface area contributed by atoms with Crippen molar-refractivity contribution >= 4 is 17.7 Å². The van der Waals surface area contributed by atoms with Gasteiger partial charge in [-0.2, -0.15) is 0 Å². The molecule has 2 aromatic rings. The molecule has 2 aromatic carbocycles. The first-order chi connectivity index (χ1) is 16.4. The number of aliphatic imine (C=N–C) groups is 1. The molecule has 1 unspecified atom stereocenters. The minimum absolute atomic E-state index is 0.000381. The minimum atomic E-state index is -0.684. The van der Waals surface area contributed by atoms with E-state index >= 15 is 0 Å². The number of carbonyl (C=O) groups excluding carboxylic acids is 1. The van der Waals surface area contributed by atoms with Crippen LogP contribution in [0.1, 0.15) is 45.5 Å². The average Bonchev–Trinajstić information content (AvgIpc) is 3.28. The summed E-state index contributed by atoms with van der Waals surface area (Å²) in [6.07, 6.45) is 4.65. The highest BCUT2D eigenvalue weighted by Crippen LogP contribution is 2.30. The van der Waals surface area contributed by atoms with Gasteiger partial charge in [0, 0.05) is 50.2 Å². The van der Waals surface area contributed by atoms with E-state index in [0.29, 0.717) is 54.3 Å². The molecule has 180 valence electrons. The number of nitrogens with two attached hydrogens (primary N) is 1. The number of amides is 1. The van der Waals surface area contributed by atoms with Gasteiger partial charge < -0.3 is 20.1 Å². The lowest BCUT2D eigenvalue weighted by molar-refractivity contribution is 0.0519. The van der Waals surface area contributed by atoms with Crippen molar-refractivity contribution in [1.82, 2.24) is 4.90 Å². The predicted octanol–water partition coefficient (Wildman–Crippen LogP) is 3.88. The molecule has 0 aromatic heterocycles. The molecule has 0 radical (unpaired) electrons. The van der Waals surface area contributed by atoms with Crippen molar-refractivity contribution in [2.45, 2.75) is 32.3 Å². The van der Waals surface area contributed by atoms with Crippen molar-refractivity contribution in [3.8, 4) is 5.75 Å². The van der Waals surface area contributed by atoms with Crippen molar-refractivity contribution in [3.05, 3.63) is 69.9 Å². The highest BCUT2D eigenvalue weighted by atomic mass is 19.1. The summed E-state index contributed by atoms with van der Waals surface area (Å²) in [5.41, 5.74) is 8.08. The van der Waals surface area contributed by atoms with Gasteiger partial charge in [-0.1, -0.05) is 0 Å². The second kappa shape index (κ2) is 10.3. The molecule has 0 saturated carbocycles. The third-order valence-electron chi connectivity index (χ3n) is 6.31. The van der Waals surface area contributed by atoms with Gasteiger partial charge in [0.2, 0.25) is 0 Å². The summed E-state index contributed by atoms with van der Waals surface area (Å²) in [6, 6.07) is 5.96. The van der Waals surface area contributed by atoms with Gasteiger partial charge in [-0.3, -0.25) is 9.79 Å². The van der Waals surface area contributed by atoms with Crippen LogP contribution >= 0.6 is 0 Å². The number of fused-ring (bicyclic) bond motifs is 1. The molecule has 0 aliphatic carbocycles. The quantitative estimate of drug-likeness (QED) is 0.652. The highest BCUT2D eigenvalue weighted by molar-refractivity contribution is 6.09. The SMILES string of the molecule is CN=C/C(=C\N)c1cc(F)c(Cc2cc3c(cc2C)OCCN(CC2CCCO2)C3=O)c(F)c1. The molecule has 4 rings (SSSR count). The zero-order chi connectivity index (χ0) is 24.2. The van der Waals surface area contributed by atoms with E-state index in [1.54, 1.807) is 24.1 Å². The van der Waals surface area contributed by atoms with Gasteiger partial charge in [0.25, 0.3) is 5.91 Å². The zero-order valence-electron chi connectivity index (χ0n) is 19.4. The lowest BCUT2D eigenvalue weighted by atomic mass is 9.95. The molecule has 6 nitrogen and oxygen atoms in total. The molecule has 2 aliphatic heterocycles. The number of benzene rings is 2. The molecule has 1 fully saturated rings. The molecule has 8 heteroatoms. The van der Waals surface area contributed by atoms with Gasteiger partial charge in [0.15, 0.2) is 0 Å². The van der Waals surface area contributed by atoms with Gasteiger partial charge in [0.05, 0.1) is 18.2 Å². The molecule has 34 heavy (non-hydrogen) atoms. The second-order valence-electron chi connectivity index (χ2n) is 8.61. The van der Waals surface area contributed by atoms with Crippen LogP contribution in [0.2, 0.25) is 0 Å². The van der Waals surface area contributed by atoms with Crippen LogP contribution in [-0.4, -0.2) is 56.5 Å². The fourth-order valence-corrected chi connectivity index (χ4v) is 4.43. The summed E-state index contributed by atoms with van der Waals surface area (Å²) in [5.74, 6) is -1.03. The maximum Gasteiger partial charge on any atom is 0.257 e. The normalized spacial score (nSPS) is 18.8. The average molecular weight is 470 g/mol. The summed E-state index contributed by atoms with van der Waals surface area (Å²) >= 11 is 0. The molecular weight excluding hydrogens is 440 g/mol. The van der Waals surface area contributed by atoms with Gasteiger partial charge in [-0.25, -0.2) is 8.78 Å². The number of allylic oxidation sites excluding steroid dienone is 1. The fraction of sp³-hybridized carbons (Fsp3) is 0.385. The van der Waals surface area contributed by atoms with Gasteiger partial charge >= 0.3 is 0 Å². The summed E-state index contributed by atoms with van der Waals surface area (Å²) in [7, 11) is 1.55. The summed E-state index contributed by atoms with van der Waals surface area (Å²) < 4.78 is 41.5. The van der Waals surface area contributed by atoms with E-state index in [1.807, 2.05) is 6.92 Å². The Morgan fingerprint density at radius 1 is 1.24 bits per heavy atom. The van der Waals surface area contributed by atoms with E-state index in [0.717, 1.165) is 18.4 Å². The van der Waals surface area contributed by atoms with Crippen LogP contribution in [0.3, 0.4) is 0 Å². The Labute approximate surface area is 198 Å². The second-order valence-corrected chi connectivity index (χ2v) is 8.61. The number of ether oxygens (including phenoxy) is 2. The lowest BCUT2D eigenvalue weighted by Gasteiger charge is -2.23. The summed E-state index contributed by atoms with van der Waals surface area (Å²) in [5, 5.41) is 0. The molecule has 2 N–H and O–H groups in total. The van der Waals surface area contributed by atoms with Crippen LogP contribution in [0.25, 0.3) is 5.57 Å². The maximum atomic E-state index is 15.0. The van der Waals surface area contributed by atoms with E-state index in [1.165, 1.54) is 24.5 Å². The molecule has 2 aliphatic rings. The van der Waals surface area contributed by atoms with Crippen LogP contribution in [0, 0.1) is 18.6 Å². The topological polar surface area (TPSA) is 77.2 Å². The summed E-state index contributed by atoms with van der Waals surface area (Å²) in [6.45, 7) is 3.91. The van der Waals surface area contributed by atoms with E-state index in [-0.39, 0.29) is 24.0 Å². The number of halogens is 2. The number of nitrogens with zero attached hydrogens (tertiary/aromatic N) is 2. The van der Waals surface area contributed by atoms with Crippen molar-refractivity contribution in [2.75, 3.05) is 33.4 Å².